The molecule has 0 saturated carbocycles. The molecule has 0 radical (unpaired) electrons. The zero-order chi connectivity index (χ0) is 18.1. The first kappa shape index (κ1) is 19.1. The number of benzene rings is 1. The zero-order valence-electron chi connectivity index (χ0n) is 14.7. The van der Waals surface area contributed by atoms with Crippen molar-refractivity contribution in [1.29, 1.82) is 0 Å². The lowest BCUT2D eigenvalue weighted by Crippen LogP contribution is -2.46. The monoisotopic (exact) mass is 372 g/mol. The summed E-state index contributed by atoms with van der Waals surface area (Å²) in [5.74, 6) is 0.266. The number of anilines is 1. The second kappa shape index (κ2) is 7.31. The highest BCUT2D eigenvalue weighted by Crippen LogP contribution is 2.32. The van der Waals surface area contributed by atoms with Gasteiger partial charge in [-0.15, -0.1) is 0 Å². The van der Waals surface area contributed by atoms with Crippen molar-refractivity contribution in [2.45, 2.75) is 33.6 Å². The summed E-state index contributed by atoms with van der Waals surface area (Å²) in [6, 6.07) is 3.59. The summed E-state index contributed by atoms with van der Waals surface area (Å²) < 4.78 is 25.7. The Labute approximate surface area is 149 Å². The van der Waals surface area contributed by atoms with Crippen LogP contribution in [0.1, 0.15) is 30.9 Å². The second-order valence-electron chi connectivity index (χ2n) is 6.77. The van der Waals surface area contributed by atoms with Gasteiger partial charge in [0, 0.05) is 13.1 Å². The Balaban J connectivity index is 2.33. The molecule has 134 valence electrons. The number of carbonyl (C=O) groups is 1. The van der Waals surface area contributed by atoms with E-state index in [-0.39, 0.29) is 12.5 Å². The van der Waals surface area contributed by atoms with E-state index in [2.05, 4.69) is 6.92 Å². The van der Waals surface area contributed by atoms with Crippen molar-refractivity contribution in [2.24, 2.45) is 5.92 Å². The lowest BCUT2D eigenvalue weighted by Gasteiger charge is -2.33. The number of sulfonamides is 1. The van der Waals surface area contributed by atoms with Gasteiger partial charge in [-0.05, 0) is 49.8 Å². The molecular formula is C17H25ClN2O3S. The minimum Gasteiger partial charge on any atom is -0.341 e. The molecule has 1 amide bonds. The maximum Gasteiger partial charge on any atom is 0.243 e. The van der Waals surface area contributed by atoms with E-state index in [1.807, 2.05) is 13.0 Å². The van der Waals surface area contributed by atoms with Crippen LogP contribution in [0.5, 0.6) is 0 Å². The average molecular weight is 373 g/mol. The van der Waals surface area contributed by atoms with Crippen LogP contribution in [0.4, 0.5) is 5.69 Å². The first-order chi connectivity index (χ1) is 11.1. The fourth-order valence-corrected chi connectivity index (χ4v) is 4.62. The predicted octanol–water partition coefficient (Wildman–Crippen LogP) is 2.98. The molecule has 0 aromatic heterocycles. The van der Waals surface area contributed by atoms with E-state index in [0.717, 1.165) is 34.5 Å². The van der Waals surface area contributed by atoms with Crippen molar-refractivity contribution in [3.63, 3.8) is 0 Å². The standard InChI is InChI=1S/C17H25ClN2O3S/c1-12-6-5-7-19(10-12)16(21)11-20(24(4,22)23)17-14(3)8-13(2)9-15(17)18/h8-9,12H,5-7,10-11H2,1-4H3. The molecule has 5 nitrogen and oxygen atoms in total. The summed E-state index contributed by atoms with van der Waals surface area (Å²) in [6.07, 6.45) is 3.16. The molecule has 1 aliphatic rings. The summed E-state index contributed by atoms with van der Waals surface area (Å²) in [4.78, 5) is 14.4. The Morgan fingerprint density at radius 2 is 2.04 bits per heavy atom. The molecule has 7 heteroatoms. The summed E-state index contributed by atoms with van der Waals surface area (Å²) in [7, 11) is -3.62. The van der Waals surface area contributed by atoms with E-state index in [4.69, 9.17) is 11.6 Å². The third kappa shape index (κ3) is 4.42. The van der Waals surface area contributed by atoms with Crippen molar-refractivity contribution >= 4 is 33.2 Å². The quantitative estimate of drug-likeness (QED) is 0.816. The highest BCUT2D eigenvalue weighted by atomic mass is 35.5. The number of nitrogens with zero attached hydrogens (tertiary/aromatic N) is 2. The smallest absolute Gasteiger partial charge is 0.243 e. The van der Waals surface area contributed by atoms with Crippen LogP contribution < -0.4 is 4.31 Å². The lowest BCUT2D eigenvalue weighted by atomic mass is 10.0. The van der Waals surface area contributed by atoms with E-state index in [0.29, 0.717) is 29.7 Å². The van der Waals surface area contributed by atoms with Crippen LogP contribution in [0, 0.1) is 19.8 Å². The summed E-state index contributed by atoms with van der Waals surface area (Å²) in [6.45, 7) is 6.95. The molecule has 0 aliphatic carbocycles. The molecule has 24 heavy (non-hydrogen) atoms. The summed E-state index contributed by atoms with van der Waals surface area (Å²) >= 11 is 6.30. The molecule has 1 aromatic rings. The Morgan fingerprint density at radius 1 is 1.38 bits per heavy atom. The van der Waals surface area contributed by atoms with Crippen molar-refractivity contribution in [2.75, 3.05) is 30.2 Å². The number of hydrogen-bond donors (Lipinski definition) is 0. The predicted molar refractivity (Wildman–Crippen MR) is 98.1 cm³/mol. The number of rotatable bonds is 4. The first-order valence-corrected chi connectivity index (χ1v) is 10.3. The fourth-order valence-electron chi connectivity index (χ4n) is 3.22. The number of halogens is 1. The molecule has 0 bridgehead atoms. The van der Waals surface area contributed by atoms with E-state index in [1.54, 1.807) is 17.9 Å². The Bertz CT molecular complexity index is 710. The van der Waals surface area contributed by atoms with E-state index in [1.165, 1.54) is 0 Å². The first-order valence-electron chi connectivity index (χ1n) is 8.12. The topological polar surface area (TPSA) is 57.7 Å². The van der Waals surface area contributed by atoms with Gasteiger partial charge in [0.05, 0.1) is 17.0 Å². The van der Waals surface area contributed by atoms with Crippen LogP contribution in [-0.2, 0) is 14.8 Å². The largest absolute Gasteiger partial charge is 0.341 e. The average Bonchev–Trinajstić information content (AvgIpc) is 2.44. The second-order valence-corrected chi connectivity index (χ2v) is 9.08. The molecule has 1 aromatic carbocycles. The molecule has 1 atom stereocenters. The van der Waals surface area contributed by atoms with Crippen LogP contribution in [0.15, 0.2) is 12.1 Å². The summed E-state index contributed by atoms with van der Waals surface area (Å²) in [5, 5.41) is 0.345. The number of likely N-dealkylation sites (tertiary alicyclic amines) is 1. The van der Waals surface area contributed by atoms with Gasteiger partial charge in [-0.2, -0.15) is 0 Å². The van der Waals surface area contributed by atoms with Gasteiger partial charge in [0.15, 0.2) is 0 Å². The molecule has 0 N–H and O–H groups in total. The third-order valence-corrected chi connectivity index (χ3v) is 5.74. The Morgan fingerprint density at radius 3 is 2.58 bits per heavy atom. The van der Waals surface area contributed by atoms with E-state index < -0.39 is 10.0 Å². The molecule has 1 fully saturated rings. The van der Waals surface area contributed by atoms with Crippen LogP contribution in [0.25, 0.3) is 0 Å². The van der Waals surface area contributed by atoms with E-state index >= 15 is 0 Å². The van der Waals surface area contributed by atoms with Crippen molar-refractivity contribution in [3.05, 3.63) is 28.3 Å². The maximum atomic E-state index is 12.6. The van der Waals surface area contributed by atoms with Gasteiger partial charge >= 0.3 is 0 Å². The number of hydrogen-bond acceptors (Lipinski definition) is 3. The van der Waals surface area contributed by atoms with Gasteiger partial charge in [0.1, 0.15) is 6.54 Å². The Kier molecular flexibility index (Phi) is 5.81. The fraction of sp³-hybridized carbons (Fsp3) is 0.588. The number of amides is 1. The van der Waals surface area contributed by atoms with Crippen LogP contribution in [0.3, 0.4) is 0 Å². The molecule has 1 heterocycles. The van der Waals surface area contributed by atoms with Crippen molar-refractivity contribution < 1.29 is 13.2 Å². The van der Waals surface area contributed by atoms with Crippen LogP contribution in [0.2, 0.25) is 5.02 Å². The third-order valence-electron chi connectivity index (χ3n) is 4.34. The van der Waals surface area contributed by atoms with Crippen molar-refractivity contribution in [1.82, 2.24) is 4.90 Å². The van der Waals surface area contributed by atoms with Gasteiger partial charge in [0.25, 0.3) is 0 Å². The van der Waals surface area contributed by atoms with Gasteiger partial charge in [-0.3, -0.25) is 9.10 Å². The molecule has 2 rings (SSSR count). The van der Waals surface area contributed by atoms with Crippen LogP contribution in [-0.4, -0.2) is 45.1 Å². The minimum atomic E-state index is -3.62. The van der Waals surface area contributed by atoms with Crippen LogP contribution >= 0.6 is 11.6 Å². The van der Waals surface area contributed by atoms with Gasteiger partial charge in [-0.25, -0.2) is 8.42 Å². The molecule has 1 aliphatic heterocycles. The number of piperidine rings is 1. The highest BCUT2D eigenvalue weighted by molar-refractivity contribution is 7.92. The lowest BCUT2D eigenvalue weighted by molar-refractivity contribution is -0.131. The molecule has 0 spiro atoms. The zero-order valence-corrected chi connectivity index (χ0v) is 16.2. The van der Waals surface area contributed by atoms with Gasteiger partial charge in [-0.1, -0.05) is 24.6 Å². The molecular weight excluding hydrogens is 348 g/mol. The number of carbonyl (C=O) groups excluding carboxylic acids is 1. The molecule has 1 unspecified atom stereocenters. The molecule has 1 saturated heterocycles. The van der Waals surface area contributed by atoms with Gasteiger partial charge < -0.3 is 4.90 Å². The SMILES string of the molecule is Cc1cc(C)c(N(CC(=O)N2CCCC(C)C2)S(C)(=O)=O)c(Cl)c1. The highest BCUT2D eigenvalue weighted by Gasteiger charge is 2.28. The summed E-state index contributed by atoms with van der Waals surface area (Å²) in [5.41, 5.74) is 2.08. The normalized spacial score (nSPS) is 18.5. The Hall–Kier alpha value is -1.27. The van der Waals surface area contributed by atoms with E-state index in [9.17, 15) is 13.2 Å². The van der Waals surface area contributed by atoms with Gasteiger partial charge in [0.2, 0.25) is 15.9 Å². The maximum absolute atomic E-state index is 12.6. The minimum absolute atomic E-state index is 0.178. The van der Waals surface area contributed by atoms with Crippen molar-refractivity contribution in [3.8, 4) is 0 Å². The number of aryl methyl sites for hydroxylation is 2.